The van der Waals surface area contributed by atoms with Crippen LogP contribution in [0.4, 0.5) is 0 Å². The van der Waals surface area contributed by atoms with Crippen molar-refractivity contribution in [2.24, 2.45) is 5.73 Å². The number of aliphatic hydroxyl groups excluding tert-OH is 1. The highest BCUT2D eigenvalue weighted by Crippen LogP contribution is 2.27. The van der Waals surface area contributed by atoms with Gasteiger partial charge in [-0.25, -0.2) is 4.98 Å². The molecule has 18 heavy (non-hydrogen) atoms. The Bertz CT molecular complexity index is 548. The van der Waals surface area contributed by atoms with E-state index >= 15 is 0 Å². The quantitative estimate of drug-likeness (QED) is 0.863. The number of imidazole rings is 1. The molecule has 1 heterocycles. The van der Waals surface area contributed by atoms with E-state index in [4.69, 9.17) is 10.5 Å². The van der Waals surface area contributed by atoms with Gasteiger partial charge in [0.2, 0.25) is 0 Å². The van der Waals surface area contributed by atoms with Crippen LogP contribution in [-0.2, 0) is 0 Å². The third kappa shape index (κ3) is 2.07. The fourth-order valence-corrected chi connectivity index (χ4v) is 2.11. The first-order valence-electron chi connectivity index (χ1n) is 6.02. The second-order valence-corrected chi connectivity index (χ2v) is 4.54. The molecule has 1 aromatic heterocycles. The van der Waals surface area contributed by atoms with E-state index in [0.717, 1.165) is 16.8 Å². The van der Waals surface area contributed by atoms with E-state index in [-0.39, 0.29) is 12.6 Å². The van der Waals surface area contributed by atoms with Gasteiger partial charge in [-0.2, -0.15) is 0 Å². The van der Waals surface area contributed by atoms with E-state index in [2.05, 4.69) is 18.8 Å². The van der Waals surface area contributed by atoms with Crippen molar-refractivity contribution in [2.75, 3.05) is 13.7 Å². The maximum atomic E-state index is 9.95. The van der Waals surface area contributed by atoms with Crippen LogP contribution in [0.15, 0.2) is 18.2 Å². The number of rotatable bonds is 4. The van der Waals surface area contributed by atoms with E-state index in [1.807, 2.05) is 22.8 Å². The third-order valence-electron chi connectivity index (χ3n) is 2.96. The van der Waals surface area contributed by atoms with Gasteiger partial charge in [-0.15, -0.1) is 0 Å². The summed E-state index contributed by atoms with van der Waals surface area (Å²) < 4.78 is 7.19. The van der Waals surface area contributed by atoms with Gasteiger partial charge in [-0.1, -0.05) is 0 Å². The summed E-state index contributed by atoms with van der Waals surface area (Å²) in [6.07, 6.45) is -0.745. The van der Waals surface area contributed by atoms with Crippen LogP contribution in [0.1, 0.15) is 31.8 Å². The van der Waals surface area contributed by atoms with Crippen molar-refractivity contribution < 1.29 is 9.84 Å². The summed E-state index contributed by atoms with van der Waals surface area (Å²) in [4.78, 5) is 4.47. The minimum absolute atomic E-state index is 0.160. The van der Waals surface area contributed by atoms with Crippen molar-refractivity contribution in [3.05, 3.63) is 24.0 Å². The predicted octanol–water partition coefficient (Wildman–Crippen LogP) is 1.62. The van der Waals surface area contributed by atoms with Gasteiger partial charge >= 0.3 is 0 Å². The highest BCUT2D eigenvalue weighted by molar-refractivity contribution is 5.78. The Hall–Kier alpha value is -1.59. The lowest BCUT2D eigenvalue weighted by molar-refractivity contribution is 0.170. The Kier molecular flexibility index (Phi) is 3.54. The summed E-state index contributed by atoms with van der Waals surface area (Å²) in [5, 5.41) is 9.95. The van der Waals surface area contributed by atoms with Crippen LogP contribution in [-0.4, -0.2) is 28.3 Å². The molecule has 0 aliphatic heterocycles. The van der Waals surface area contributed by atoms with E-state index in [0.29, 0.717) is 5.82 Å². The van der Waals surface area contributed by atoms with Crippen LogP contribution in [0.25, 0.3) is 11.0 Å². The predicted molar refractivity (Wildman–Crippen MR) is 70.7 cm³/mol. The minimum Gasteiger partial charge on any atom is -0.497 e. The summed E-state index contributed by atoms with van der Waals surface area (Å²) in [5.41, 5.74) is 7.31. The van der Waals surface area contributed by atoms with Crippen LogP contribution < -0.4 is 10.5 Å². The molecular weight excluding hydrogens is 230 g/mol. The fourth-order valence-electron chi connectivity index (χ4n) is 2.11. The minimum atomic E-state index is -0.745. The highest BCUT2D eigenvalue weighted by Gasteiger charge is 2.19. The van der Waals surface area contributed by atoms with Gasteiger partial charge in [-0.3, -0.25) is 0 Å². The summed E-state index contributed by atoms with van der Waals surface area (Å²) in [7, 11) is 1.62. The molecule has 1 aromatic carbocycles. The van der Waals surface area contributed by atoms with Crippen molar-refractivity contribution in [3.63, 3.8) is 0 Å². The van der Waals surface area contributed by atoms with Gasteiger partial charge in [0.05, 0.1) is 18.1 Å². The molecular formula is C13H19N3O2. The Morgan fingerprint density at radius 3 is 2.72 bits per heavy atom. The van der Waals surface area contributed by atoms with Crippen LogP contribution in [0.2, 0.25) is 0 Å². The van der Waals surface area contributed by atoms with Crippen molar-refractivity contribution in [1.82, 2.24) is 9.55 Å². The standard InChI is InChI=1S/C13H19N3O2/c1-8(2)16-11-5-4-9(18-3)6-10(11)15-13(16)12(17)7-14/h4-6,8,12,17H,7,14H2,1-3H3. The van der Waals surface area contributed by atoms with Gasteiger partial charge in [0.15, 0.2) is 0 Å². The van der Waals surface area contributed by atoms with E-state index < -0.39 is 6.10 Å². The zero-order valence-corrected chi connectivity index (χ0v) is 10.9. The number of nitrogens with two attached hydrogens (primary N) is 1. The Balaban J connectivity index is 2.66. The SMILES string of the molecule is COc1ccc2c(c1)nc(C(O)CN)n2C(C)C. The first-order valence-corrected chi connectivity index (χ1v) is 6.02. The van der Waals surface area contributed by atoms with Gasteiger partial charge in [-0.05, 0) is 26.0 Å². The third-order valence-corrected chi connectivity index (χ3v) is 2.96. The molecule has 2 rings (SSSR count). The lowest BCUT2D eigenvalue weighted by atomic mass is 10.2. The Labute approximate surface area is 106 Å². The van der Waals surface area contributed by atoms with Crippen molar-refractivity contribution >= 4 is 11.0 Å². The topological polar surface area (TPSA) is 73.3 Å². The first kappa shape index (κ1) is 12.9. The maximum absolute atomic E-state index is 9.95. The summed E-state index contributed by atoms with van der Waals surface area (Å²) >= 11 is 0. The second kappa shape index (κ2) is 4.96. The molecule has 0 saturated carbocycles. The molecule has 5 nitrogen and oxygen atoms in total. The smallest absolute Gasteiger partial charge is 0.140 e. The monoisotopic (exact) mass is 249 g/mol. The van der Waals surface area contributed by atoms with Crippen molar-refractivity contribution in [1.29, 1.82) is 0 Å². The van der Waals surface area contributed by atoms with Crippen LogP contribution >= 0.6 is 0 Å². The lowest BCUT2D eigenvalue weighted by Crippen LogP contribution is -2.17. The molecule has 1 unspecified atom stereocenters. The number of fused-ring (bicyclic) bond motifs is 1. The molecule has 98 valence electrons. The van der Waals surface area contributed by atoms with E-state index in [1.165, 1.54) is 0 Å². The maximum Gasteiger partial charge on any atom is 0.140 e. The molecule has 0 bridgehead atoms. The van der Waals surface area contributed by atoms with Gasteiger partial charge in [0.1, 0.15) is 17.7 Å². The number of benzene rings is 1. The number of aromatic nitrogens is 2. The molecule has 0 aliphatic rings. The highest BCUT2D eigenvalue weighted by atomic mass is 16.5. The lowest BCUT2D eigenvalue weighted by Gasteiger charge is -2.15. The summed E-state index contributed by atoms with van der Waals surface area (Å²) in [5.74, 6) is 1.36. The average Bonchev–Trinajstić information content (AvgIpc) is 2.75. The Morgan fingerprint density at radius 1 is 1.44 bits per heavy atom. The van der Waals surface area contributed by atoms with Crippen molar-refractivity contribution in [2.45, 2.75) is 26.0 Å². The van der Waals surface area contributed by atoms with Gasteiger partial charge in [0.25, 0.3) is 0 Å². The zero-order valence-electron chi connectivity index (χ0n) is 10.9. The summed E-state index contributed by atoms with van der Waals surface area (Å²) in [6, 6.07) is 5.91. The van der Waals surface area contributed by atoms with Crippen LogP contribution in [0, 0.1) is 0 Å². The second-order valence-electron chi connectivity index (χ2n) is 4.54. The molecule has 0 radical (unpaired) electrons. The number of nitrogens with zero attached hydrogens (tertiary/aromatic N) is 2. The van der Waals surface area contributed by atoms with Crippen molar-refractivity contribution in [3.8, 4) is 5.75 Å². The number of methoxy groups -OCH3 is 1. The molecule has 3 N–H and O–H groups in total. The average molecular weight is 249 g/mol. The number of hydrogen-bond donors (Lipinski definition) is 2. The Morgan fingerprint density at radius 2 is 2.17 bits per heavy atom. The summed E-state index contributed by atoms with van der Waals surface area (Å²) in [6.45, 7) is 4.27. The van der Waals surface area contributed by atoms with Gasteiger partial charge < -0.3 is 20.1 Å². The van der Waals surface area contributed by atoms with Crippen LogP contribution in [0.3, 0.4) is 0 Å². The molecule has 0 amide bonds. The number of aliphatic hydroxyl groups is 1. The van der Waals surface area contributed by atoms with Crippen LogP contribution in [0.5, 0.6) is 5.75 Å². The molecule has 5 heteroatoms. The molecule has 1 atom stereocenters. The van der Waals surface area contributed by atoms with E-state index in [9.17, 15) is 5.11 Å². The van der Waals surface area contributed by atoms with Gasteiger partial charge in [0, 0.05) is 18.7 Å². The molecule has 0 aliphatic carbocycles. The first-order chi connectivity index (χ1) is 8.58. The van der Waals surface area contributed by atoms with E-state index in [1.54, 1.807) is 7.11 Å². The number of hydrogen-bond acceptors (Lipinski definition) is 4. The normalized spacial score (nSPS) is 13.2. The fraction of sp³-hybridized carbons (Fsp3) is 0.462. The largest absolute Gasteiger partial charge is 0.497 e. The number of ether oxygens (including phenoxy) is 1. The molecule has 0 saturated heterocycles. The molecule has 0 fully saturated rings. The molecule has 0 spiro atoms. The molecule has 2 aromatic rings. The zero-order chi connectivity index (χ0) is 13.3.